The predicted octanol–water partition coefficient (Wildman–Crippen LogP) is 2.87. The second-order valence-electron chi connectivity index (χ2n) is 5.79. The van der Waals surface area contributed by atoms with Gasteiger partial charge in [-0.2, -0.15) is 0 Å². The van der Waals surface area contributed by atoms with Crippen LogP contribution in [0.15, 0.2) is 48.5 Å². The number of nitrogens with zero attached hydrogens (tertiary/aromatic N) is 2. The van der Waals surface area contributed by atoms with Crippen molar-refractivity contribution in [3.05, 3.63) is 65.2 Å². The average Bonchev–Trinajstić information content (AvgIpc) is 2.90. The molecule has 0 radical (unpaired) electrons. The summed E-state index contributed by atoms with van der Waals surface area (Å²) in [6, 6.07) is 15.4. The lowest BCUT2D eigenvalue weighted by Gasteiger charge is -2.22. The molecule has 0 saturated heterocycles. The van der Waals surface area contributed by atoms with Gasteiger partial charge in [0, 0.05) is 24.8 Å². The lowest BCUT2D eigenvalue weighted by molar-refractivity contribution is -0.119. The van der Waals surface area contributed by atoms with E-state index < -0.39 is 0 Å². The molecular formula is C19H20N2O2. The van der Waals surface area contributed by atoms with Crippen molar-refractivity contribution in [3.8, 4) is 0 Å². The molecule has 2 aromatic rings. The lowest BCUT2D eigenvalue weighted by Crippen LogP contribution is -2.38. The van der Waals surface area contributed by atoms with Crippen molar-refractivity contribution < 1.29 is 9.59 Å². The van der Waals surface area contributed by atoms with Gasteiger partial charge in [0.05, 0.1) is 0 Å². The maximum Gasteiger partial charge on any atom is 0.254 e. The molecule has 2 amide bonds. The van der Waals surface area contributed by atoms with Crippen molar-refractivity contribution in [1.29, 1.82) is 0 Å². The fourth-order valence-corrected chi connectivity index (χ4v) is 2.81. The molecule has 0 saturated carbocycles. The van der Waals surface area contributed by atoms with E-state index in [1.807, 2.05) is 48.5 Å². The van der Waals surface area contributed by atoms with Crippen LogP contribution in [-0.2, 0) is 17.8 Å². The third-order valence-electron chi connectivity index (χ3n) is 4.33. The van der Waals surface area contributed by atoms with Crippen LogP contribution in [-0.4, -0.2) is 30.3 Å². The molecular weight excluding hydrogens is 288 g/mol. The second kappa shape index (κ2) is 6.24. The maximum absolute atomic E-state index is 12.5. The number of fused-ring (bicyclic) bond motifs is 1. The molecule has 23 heavy (non-hydrogen) atoms. The monoisotopic (exact) mass is 308 g/mol. The Morgan fingerprint density at radius 1 is 1.13 bits per heavy atom. The van der Waals surface area contributed by atoms with Crippen molar-refractivity contribution in [2.45, 2.75) is 19.9 Å². The first kappa shape index (κ1) is 15.3. The van der Waals surface area contributed by atoms with Crippen LogP contribution in [0.3, 0.4) is 0 Å². The van der Waals surface area contributed by atoms with Crippen LogP contribution in [0.4, 0.5) is 5.69 Å². The van der Waals surface area contributed by atoms with Crippen molar-refractivity contribution in [2.75, 3.05) is 18.5 Å². The van der Waals surface area contributed by atoms with Gasteiger partial charge in [-0.1, -0.05) is 37.3 Å². The van der Waals surface area contributed by atoms with Crippen molar-refractivity contribution >= 4 is 17.5 Å². The summed E-state index contributed by atoms with van der Waals surface area (Å²) < 4.78 is 0. The van der Waals surface area contributed by atoms with Gasteiger partial charge in [0.15, 0.2) is 0 Å². The third kappa shape index (κ3) is 2.97. The van der Waals surface area contributed by atoms with Gasteiger partial charge in [-0.05, 0) is 35.7 Å². The molecule has 1 aliphatic heterocycles. The standard InChI is InChI=1S/C19H20N2O2/c1-3-14-8-10-16(11-9-14)20(2)18(22)13-21-12-15-6-4-5-7-17(15)19(21)23/h4-11H,3,12-13H2,1-2H3. The van der Waals surface area contributed by atoms with Crippen LogP contribution in [0, 0.1) is 0 Å². The summed E-state index contributed by atoms with van der Waals surface area (Å²) in [5, 5.41) is 0. The normalized spacial score (nSPS) is 13.1. The Morgan fingerprint density at radius 3 is 2.48 bits per heavy atom. The largest absolute Gasteiger partial charge is 0.325 e. The van der Waals surface area contributed by atoms with Gasteiger partial charge in [0.2, 0.25) is 5.91 Å². The number of carbonyl (C=O) groups is 2. The first-order chi connectivity index (χ1) is 11.1. The van der Waals surface area contributed by atoms with Crippen LogP contribution in [0.5, 0.6) is 0 Å². The molecule has 2 aromatic carbocycles. The predicted molar refractivity (Wildman–Crippen MR) is 90.4 cm³/mol. The number of amides is 2. The van der Waals surface area contributed by atoms with E-state index in [1.165, 1.54) is 5.56 Å². The summed E-state index contributed by atoms with van der Waals surface area (Å²) in [6.07, 6.45) is 0.971. The zero-order valence-corrected chi connectivity index (χ0v) is 13.5. The first-order valence-corrected chi connectivity index (χ1v) is 7.83. The smallest absolute Gasteiger partial charge is 0.254 e. The summed E-state index contributed by atoms with van der Waals surface area (Å²) in [5.74, 6) is -0.154. The third-order valence-corrected chi connectivity index (χ3v) is 4.33. The van der Waals surface area contributed by atoms with E-state index in [1.54, 1.807) is 16.8 Å². The first-order valence-electron chi connectivity index (χ1n) is 7.83. The van der Waals surface area contributed by atoms with E-state index in [-0.39, 0.29) is 18.4 Å². The van der Waals surface area contributed by atoms with Gasteiger partial charge in [0.25, 0.3) is 5.91 Å². The fourth-order valence-electron chi connectivity index (χ4n) is 2.81. The van der Waals surface area contributed by atoms with Gasteiger partial charge in [-0.3, -0.25) is 9.59 Å². The molecule has 0 N–H and O–H groups in total. The Bertz CT molecular complexity index is 737. The summed E-state index contributed by atoms with van der Waals surface area (Å²) in [7, 11) is 1.75. The molecule has 3 rings (SSSR count). The van der Waals surface area contributed by atoms with Crippen molar-refractivity contribution in [3.63, 3.8) is 0 Å². The molecule has 0 aliphatic carbocycles. The molecule has 4 heteroatoms. The molecule has 0 spiro atoms. The number of benzene rings is 2. The van der Waals surface area contributed by atoms with Gasteiger partial charge >= 0.3 is 0 Å². The van der Waals surface area contributed by atoms with Gasteiger partial charge in [-0.25, -0.2) is 0 Å². The number of likely N-dealkylation sites (N-methyl/N-ethyl adjacent to an activating group) is 1. The summed E-state index contributed by atoms with van der Waals surface area (Å²) in [5.41, 5.74) is 3.77. The van der Waals surface area contributed by atoms with Crippen molar-refractivity contribution in [1.82, 2.24) is 4.90 Å². The fraction of sp³-hybridized carbons (Fsp3) is 0.263. The Kier molecular flexibility index (Phi) is 4.15. The molecule has 0 aromatic heterocycles. The van der Waals surface area contributed by atoms with E-state index in [2.05, 4.69) is 6.92 Å². The van der Waals surface area contributed by atoms with Crippen LogP contribution in [0.25, 0.3) is 0 Å². The highest BCUT2D eigenvalue weighted by Crippen LogP contribution is 2.22. The van der Waals surface area contributed by atoms with Gasteiger partial charge in [-0.15, -0.1) is 0 Å². The maximum atomic E-state index is 12.5. The molecule has 0 atom stereocenters. The highest BCUT2D eigenvalue weighted by Gasteiger charge is 2.29. The molecule has 118 valence electrons. The molecule has 0 bridgehead atoms. The lowest BCUT2D eigenvalue weighted by atomic mass is 10.1. The number of carbonyl (C=O) groups excluding carboxylic acids is 2. The van der Waals surface area contributed by atoms with Crippen LogP contribution in [0.1, 0.15) is 28.4 Å². The zero-order valence-electron chi connectivity index (χ0n) is 13.5. The summed E-state index contributed by atoms with van der Waals surface area (Å²) in [6.45, 7) is 2.70. The molecule has 4 nitrogen and oxygen atoms in total. The summed E-state index contributed by atoms with van der Waals surface area (Å²) >= 11 is 0. The average molecular weight is 308 g/mol. The van der Waals surface area contributed by atoms with Crippen LogP contribution in [0.2, 0.25) is 0 Å². The van der Waals surface area contributed by atoms with Crippen molar-refractivity contribution in [2.24, 2.45) is 0 Å². The second-order valence-corrected chi connectivity index (χ2v) is 5.79. The Morgan fingerprint density at radius 2 is 1.83 bits per heavy atom. The number of rotatable bonds is 4. The van der Waals surface area contributed by atoms with Crippen LogP contribution >= 0.6 is 0 Å². The quantitative estimate of drug-likeness (QED) is 0.871. The molecule has 0 unspecified atom stereocenters. The molecule has 1 aliphatic rings. The Labute approximate surface area is 136 Å². The van der Waals surface area contributed by atoms with E-state index in [0.29, 0.717) is 12.1 Å². The Hall–Kier alpha value is -2.62. The number of hydrogen-bond acceptors (Lipinski definition) is 2. The SMILES string of the molecule is CCc1ccc(N(C)C(=O)CN2Cc3ccccc3C2=O)cc1. The summed E-state index contributed by atoms with van der Waals surface area (Å²) in [4.78, 5) is 28.0. The van der Waals surface area contributed by atoms with E-state index in [4.69, 9.17) is 0 Å². The highest BCUT2D eigenvalue weighted by molar-refractivity contribution is 6.02. The Balaban J connectivity index is 1.68. The minimum Gasteiger partial charge on any atom is -0.325 e. The zero-order chi connectivity index (χ0) is 16.4. The number of hydrogen-bond donors (Lipinski definition) is 0. The van der Waals surface area contributed by atoms with E-state index in [0.717, 1.165) is 17.7 Å². The van der Waals surface area contributed by atoms with Crippen LogP contribution < -0.4 is 4.90 Å². The molecule has 0 fully saturated rings. The molecule has 1 heterocycles. The number of aryl methyl sites for hydroxylation is 1. The highest BCUT2D eigenvalue weighted by atomic mass is 16.2. The minimum absolute atomic E-state index is 0.0660. The topological polar surface area (TPSA) is 40.6 Å². The number of anilines is 1. The van der Waals surface area contributed by atoms with Gasteiger partial charge in [0.1, 0.15) is 6.54 Å². The van der Waals surface area contributed by atoms with E-state index in [9.17, 15) is 9.59 Å². The van der Waals surface area contributed by atoms with Gasteiger partial charge < -0.3 is 9.80 Å². The van der Waals surface area contributed by atoms with E-state index >= 15 is 0 Å². The minimum atomic E-state index is -0.0876.